The topological polar surface area (TPSA) is 71.1 Å². The molecule has 130 valence electrons. The first-order valence-electron chi connectivity index (χ1n) is 8.27. The van der Waals surface area contributed by atoms with Gasteiger partial charge < -0.3 is 5.32 Å². The third kappa shape index (κ3) is 4.54. The molecule has 5 nitrogen and oxygen atoms in total. The molecule has 0 aliphatic rings. The number of carbonyl (C=O) groups is 2. The number of aromatic nitrogens is 1. The van der Waals surface area contributed by atoms with Gasteiger partial charge >= 0.3 is 6.03 Å². The zero-order chi connectivity index (χ0) is 18.4. The van der Waals surface area contributed by atoms with Gasteiger partial charge in [-0.1, -0.05) is 36.4 Å². The molecule has 0 bridgehead atoms. The van der Waals surface area contributed by atoms with Gasteiger partial charge in [-0.2, -0.15) is 0 Å². The molecule has 3 rings (SSSR count). The second-order valence-corrected chi connectivity index (χ2v) is 5.96. The Morgan fingerprint density at radius 2 is 1.69 bits per heavy atom. The number of benzene rings is 2. The van der Waals surface area contributed by atoms with Gasteiger partial charge in [0.05, 0.1) is 0 Å². The monoisotopic (exact) mass is 345 g/mol. The van der Waals surface area contributed by atoms with Gasteiger partial charge in [0.2, 0.25) is 0 Å². The molecule has 0 atom stereocenters. The number of hydrogen-bond donors (Lipinski definition) is 2. The van der Waals surface area contributed by atoms with Crippen LogP contribution in [0.4, 0.5) is 10.5 Å². The summed E-state index contributed by atoms with van der Waals surface area (Å²) in [6.07, 6.45) is 4.34. The molecular weight excluding hydrogens is 326 g/mol. The minimum atomic E-state index is -0.557. The number of aryl methyl sites for hydroxylation is 1. The molecule has 0 aliphatic heterocycles. The lowest BCUT2D eigenvalue weighted by molar-refractivity contribution is 0.0966. The second-order valence-electron chi connectivity index (χ2n) is 5.96. The van der Waals surface area contributed by atoms with E-state index in [2.05, 4.69) is 15.6 Å². The summed E-state index contributed by atoms with van der Waals surface area (Å²) in [4.78, 5) is 28.3. The summed E-state index contributed by atoms with van der Waals surface area (Å²) in [5, 5.41) is 5.01. The van der Waals surface area contributed by atoms with Gasteiger partial charge in [0, 0.05) is 23.6 Å². The van der Waals surface area contributed by atoms with Crippen LogP contribution in [0, 0.1) is 6.92 Å². The van der Waals surface area contributed by atoms with Crippen LogP contribution in [0.2, 0.25) is 0 Å². The third-order valence-corrected chi connectivity index (χ3v) is 3.96. The van der Waals surface area contributed by atoms with Crippen molar-refractivity contribution in [3.05, 3.63) is 95.3 Å². The summed E-state index contributed by atoms with van der Waals surface area (Å²) in [6.45, 7) is 1.83. The van der Waals surface area contributed by atoms with Crippen LogP contribution >= 0.6 is 0 Å². The van der Waals surface area contributed by atoms with Gasteiger partial charge in [-0.15, -0.1) is 0 Å². The van der Waals surface area contributed by atoms with Crippen molar-refractivity contribution in [2.45, 2.75) is 13.3 Å². The second kappa shape index (κ2) is 8.07. The van der Waals surface area contributed by atoms with E-state index in [0.29, 0.717) is 11.3 Å². The van der Waals surface area contributed by atoms with Crippen molar-refractivity contribution < 1.29 is 9.59 Å². The summed E-state index contributed by atoms with van der Waals surface area (Å²) >= 11 is 0. The van der Waals surface area contributed by atoms with Crippen LogP contribution in [-0.4, -0.2) is 16.9 Å². The maximum absolute atomic E-state index is 12.1. The van der Waals surface area contributed by atoms with E-state index < -0.39 is 11.9 Å². The van der Waals surface area contributed by atoms with Crippen molar-refractivity contribution in [1.82, 2.24) is 10.3 Å². The molecule has 0 unspecified atom stereocenters. The van der Waals surface area contributed by atoms with Gasteiger partial charge in [0.1, 0.15) is 0 Å². The zero-order valence-electron chi connectivity index (χ0n) is 14.4. The van der Waals surface area contributed by atoms with E-state index in [4.69, 9.17) is 0 Å². The largest absolute Gasteiger partial charge is 0.326 e. The fourth-order valence-corrected chi connectivity index (χ4v) is 2.60. The van der Waals surface area contributed by atoms with E-state index in [9.17, 15) is 9.59 Å². The fraction of sp³-hybridized carbons (Fsp3) is 0.0952. The summed E-state index contributed by atoms with van der Waals surface area (Å²) in [5.41, 5.74) is 4.15. The van der Waals surface area contributed by atoms with E-state index in [1.165, 1.54) is 0 Å². The number of imide groups is 1. The van der Waals surface area contributed by atoms with E-state index in [0.717, 1.165) is 23.1 Å². The molecule has 0 aliphatic carbocycles. The minimum absolute atomic E-state index is 0.422. The molecule has 0 spiro atoms. The van der Waals surface area contributed by atoms with Crippen molar-refractivity contribution in [2.75, 3.05) is 5.32 Å². The lowest BCUT2D eigenvalue weighted by Crippen LogP contribution is -2.34. The van der Waals surface area contributed by atoms with E-state index >= 15 is 0 Å². The quantitative estimate of drug-likeness (QED) is 0.752. The number of amides is 3. The Hall–Kier alpha value is -3.47. The van der Waals surface area contributed by atoms with Crippen LogP contribution < -0.4 is 10.6 Å². The first kappa shape index (κ1) is 17.4. The highest BCUT2D eigenvalue weighted by molar-refractivity contribution is 6.08. The average Bonchev–Trinajstić information content (AvgIpc) is 2.64. The highest BCUT2D eigenvalue weighted by Crippen LogP contribution is 2.13. The molecule has 1 aromatic heterocycles. The number of hydrogen-bond acceptors (Lipinski definition) is 3. The van der Waals surface area contributed by atoms with Gasteiger partial charge in [-0.3, -0.25) is 15.1 Å². The Kier molecular flexibility index (Phi) is 5.39. The fourth-order valence-electron chi connectivity index (χ4n) is 2.60. The Morgan fingerprint density at radius 1 is 0.923 bits per heavy atom. The summed E-state index contributed by atoms with van der Waals surface area (Å²) in [5.74, 6) is -0.422. The number of nitrogens with one attached hydrogen (secondary N) is 2. The number of carbonyl (C=O) groups excluding carboxylic acids is 2. The number of anilines is 1. The first-order chi connectivity index (χ1) is 12.6. The van der Waals surface area contributed by atoms with Crippen LogP contribution in [0.3, 0.4) is 0 Å². The number of rotatable bonds is 4. The summed E-state index contributed by atoms with van der Waals surface area (Å²) in [6, 6.07) is 18.0. The van der Waals surface area contributed by atoms with Crippen molar-refractivity contribution in [2.24, 2.45) is 0 Å². The van der Waals surface area contributed by atoms with E-state index in [1.807, 2.05) is 61.7 Å². The molecule has 0 fully saturated rings. The zero-order valence-corrected chi connectivity index (χ0v) is 14.4. The molecule has 3 aromatic rings. The van der Waals surface area contributed by atoms with Crippen molar-refractivity contribution in [1.29, 1.82) is 0 Å². The molecule has 3 amide bonds. The predicted octanol–water partition coefficient (Wildman–Crippen LogP) is 3.94. The van der Waals surface area contributed by atoms with Crippen molar-refractivity contribution >= 4 is 17.6 Å². The molecule has 0 radical (unpaired) electrons. The molecule has 0 saturated carbocycles. The minimum Gasteiger partial charge on any atom is -0.308 e. The van der Waals surface area contributed by atoms with Gasteiger partial charge in [0.15, 0.2) is 0 Å². The van der Waals surface area contributed by atoms with Crippen LogP contribution in [0.5, 0.6) is 0 Å². The van der Waals surface area contributed by atoms with Gasteiger partial charge in [-0.05, 0) is 54.3 Å². The van der Waals surface area contributed by atoms with Crippen LogP contribution in [0.15, 0.2) is 73.1 Å². The maximum atomic E-state index is 12.1. The summed E-state index contributed by atoms with van der Waals surface area (Å²) < 4.78 is 0. The molecule has 5 heteroatoms. The lowest BCUT2D eigenvalue weighted by atomic mass is 10.1. The predicted molar refractivity (Wildman–Crippen MR) is 101 cm³/mol. The number of pyridine rings is 1. The first-order valence-corrected chi connectivity index (χ1v) is 8.27. The molecule has 2 aromatic carbocycles. The third-order valence-electron chi connectivity index (χ3n) is 3.96. The molecule has 1 heterocycles. The average molecular weight is 345 g/mol. The van der Waals surface area contributed by atoms with Crippen LogP contribution in [-0.2, 0) is 6.42 Å². The standard InChI is InChI=1S/C21H19N3O2/c1-15-5-2-3-7-19(15)20(25)24-21(26)23-18-10-8-16(9-11-18)13-17-6-4-12-22-14-17/h2-12,14H,13H2,1H3,(H2,23,24,25,26). The van der Waals surface area contributed by atoms with Crippen molar-refractivity contribution in [3.8, 4) is 0 Å². The van der Waals surface area contributed by atoms with Crippen LogP contribution in [0.25, 0.3) is 0 Å². The molecule has 26 heavy (non-hydrogen) atoms. The Balaban J connectivity index is 1.58. The number of nitrogens with zero attached hydrogens (tertiary/aromatic N) is 1. The lowest BCUT2D eigenvalue weighted by Gasteiger charge is -2.09. The molecule has 0 saturated heterocycles. The Morgan fingerprint density at radius 3 is 2.38 bits per heavy atom. The van der Waals surface area contributed by atoms with E-state index in [-0.39, 0.29) is 0 Å². The smallest absolute Gasteiger partial charge is 0.308 e. The number of urea groups is 1. The summed E-state index contributed by atoms with van der Waals surface area (Å²) in [7, 11) is 0. The maximum Gasteiger partial charge on any atom is 0.326 e. The molecular formula is C21H19N3O2. The van der Waals surface area contributed by atoms with Gasteiger partial charge in [0.25, 0.3) is 5.91 Å². The highest BCUT2D eigenvalue weighted by atomic mass is 16.2. The Bertz CT molecular complexity index is 906. The van der Waals surface area contributed by atoms with Gasteiger partial charge in [-0.25, -0.2) is 4.79 Å². The highest BCUT2D eigenvalue weighted by Gasteiger charge is 2.12. The van der Waals surface area contributed by atoms with Crippen molar-refractivity contribution in [3.63, 3.8) is 0 Å². The van der Waals surface area contributed by atoms with E-state index in [1.54, 1.807) is 18.3 Å². The Labute approximate surface area is 152 Å². The SMILES string of the molecule is Cc1ccccc1C(=O)NC(=O)Nc1ccc(Cc2cccnc2)cc1. The molecule has 2 N–H and O–H groups in total. The normalized spacial score (nSPS) is 10.2. The van der Waals surface area contributed by atoms with Crippen LogP contribution in [0.1, 0.15) is 27.0 Å².